The Morgan fingerprint density at radius 2 is 1.57 bits per heavy atom. The van der Waals surface area contributed by atoms with Crippen LogP contribution in [0.3, 0.4) is 0 Å². The standard InChI is InChI=1S/C23H23N3O2/c1-15-11-16(2)13-20(12-15)26-23(28)21-14-19(9-10-24-21)22(27)25-17(3)18-7-5-4-6-8-18/h4-14,17H,1-3H3,(H,25,27)(H,26,28). The first-order valence-corrected chi connectivity index (χ1v) is 9.14. The van der Waals surface area contributed by atoms with Gasteiger partial charge < -0.3 is 10.6 Å². The number of hydrogen-bond acceptors (Lipinski definition) is 3. The number of anilines is 1. The van der Waals surface area contributed by atoms with E-state index in [0.717, 1.165) is 16.7 Å². The number of nitrogens with zero attached hydrogens (tertiary/aromatic N) is 1. The average Bonchev–Trinajstić information content (AvgIpc) is 2.68. The largest absolute Gasteiger partial charge is 0.346 e. The van der Waals surface area contributed by atoms with Gasteiger partial charge in [0.25, 0.3) is 11.8 Å². The van der Waals surface area contributed by atoms with Gasteiger partial charge in [-0.3, -0.25) is 14.6 Å². The molecule has 3 rings (SSSR count). The Hall–Kier alpha value is -3.47. The van der Waals surface area contributed by atoms with Gasteiger partial charge in [-0.1, -0.05) is 36.4 Å². The van der Waals surface area contributed by atoms with E-state index in [9.17, 15) is 9.59 Å². The monoisotopic (exact) mass is 373 g/mol. The number of hydrogen-bond donors (Lipinski definition) is 2. The van der Waals surface area contributed by atoms with E-state index in [1.165, 1.54) is 12.3 Å². The molecule has 1 atom stereocenters. The molecule has 0 fully saturated rings. The van der Waals surface area contributed by atoms with Gasteiger partial charge in [0, 0.05) is 17.4 Å². The van der Waals surface area contributed by atoms with Crippen LogP contribution < -0.4 is 10.6 Å². The molecule has 0 aliphatic rings. The molecule has 0 aliphatic heterocycles. The molecule has 0 aliphatic carbocycles. The van der Waals surface area contributed by atoms with Gasteiger partial charge in [-0.15, -0.1) is 0 Å². The first-order valence-electron chi connectivity index (χ1n) is 9.14. The summed E-state index contributed by atoms with van der Waals surface area (Å²) in [5.41, 5.74) is 4.43. The van der Waals surface area contributed by atoms with Crippen molar-refractivity contribution in [3.05, 3.63) is 94.8 Å². The van der Waals surface area contributed by atoms with Crippen LogP contribution in [0.15, 0.2) is 66.9 Å². The summed E-state index contributed by atoms with van der Waals surface area (Å²) in [7, 11) is 0. The predicted octanol–water partition coefficient (Wildman–Crippen LogP) is 4.44. The molecule has 5 heteroatoms. The lowest BCUT2D eigenvalue weighted by atomic mass is 10.1. The van der Waals surface area contributed by atoms with Crippen molar-refractivity contribution < 1.29 is 9.59 Å². The van der Waals surface area contributed by atoms with Crippen molar-refractivity contribution in [2.75, 3.05) is 5.32 Å². The van der Waals surface area contributed by atoms with Crippen LogP contribution >= 0.6 is 0 Å². The zero-order valence-electron chi connectivity index (χ0n) is 16.2. The third kappa shape index (κ3) is 4.82. The minimum atomic E-state index is -0.351. The van der Waals surface area contributed by atoms with E-state index in [1.54, 1.807) is 6.07 Å². The summed E-state index contributed by atoms with van der Waals surface area (Å²) < 4.78 is 0. The van der Waals surface area contributed by atoms with Gasteiger partial charge in [-0.2, -0.15) is 0 Å². The van der Waals surface area contributed by atoms with E-state index < -0.39 is 0 Å². The Kier molecular flexibility index (Phi) is 5.84. The molecular formula is C23H23N3O2. The maximum absolute atomic E-state index is 12.6. The number of amides is 2. The van der Waals surface area contributed by atoms with Crippen molar-refractivity contribution in [1.29, 1.82) is 0 Å². The zero-order valence-corrected chi connectivity index (χ0v) is 16.2. The maximum Gasteiger partial charge on any atom is 0.274 e. The molecule has 5 nitrogen and oxygen atoms in total. The molecule has 0 saturated heterocycles. The van der Waals surface area contributed by atoms with Gasteiger partial charge >= 0.3 is 0 Å². The SMILES string of the molecule is Cc1cc(C)cc(NC(=O)c2cc(C(=O)NC(C)c3ccccc3)ccn2)c1. The molecule has 2 N–H and O–H groups in total. The van der Waals surface area contributed by atoms with Gasteiger partial charge in [0.2, 0.25) is 0 Å². The topological polar surface area (TPSA) is 71.1 Å². The van der Waals surface area contributed by atoms with Crippen LogP contribution in [0.2, 0.25) is 0 Å². The molecule has 0 bridgehead atoms. The summed E-state index contributed by atoms with van der Waals surface area (Å²) in [6.45, 7) is 5.86. The van der Waals surface area contributed by atoms with E-state index in [4.69, 9.17) is 0 Å². The lowest BCUT2D eigenvalue weighted by Crippen LogP contribution is -2.27. The van der Waals surface area contributed by atoms with Crippen molar-refractivity contribution in [3.8, 4) is 0 Å². The molecule has 0 saturated carbocycles. The minimum absolute atomic E-state index is 0.144. The second-order valence-corrected chi connectivity index (χ2v) is 6.87. The summed E-state index contributed by atoms with van der Waals surface area (Å²) in [6, 6.07) is 18.5. The van der Waals surface area contributed by atoms with E-state index in [2.05, 4.69) is 15.6 Å². The van der Waals surface area contributed by atoms with Crippen LogP contribution in [0.25, 0.3) is 0 Å². The fourth-order valence-corrected chi connectivity index (χ4v) is 3.04. The zero-order chi connectivity index (χ0) is 20.1. The van der Waals surface area contributed by atoms with Crippen molar-refractivity contribution in [3.63, 3.8) is 0 Å². The second-order valence-electron chi connectivity index (χ2n) is 6.87. The number of pyridine rings is 1. The quantitative estimate of drug-likeness (QED) is 0.694. The Morgan fingerprint density at radius 1 is 0.893 bits per heavy atom. The number of carbonyl (C=O) groups excluding carboxylic acids is 2. The highest BCUT2D eigenvalue weighted by molar-refractivity contribution is 6.04. The molecule has 28 heavy (non-hydrogen) atoms. The van der Waals surface area contributed by atoms with Gasteiger partial charge in [-0.25, -0.2) is 0 Å². The summed E-state index contributed by atoms with van der Waals surface area (Å²) in [6.07, 6.45) is 1.47. The van der Waals surface area contributed by atoms with Crippen LogP contribution in [0.5, 0.6) is 0 Å². The van der Waals surface area contributed by atoms with E-state index in [0.29, 0.717) is 11.3 Å². The maximum atomic E-state index is 12.6. The third-order valence-corrected chi connectivity index (χ3v) is 4.38. The number of aromatic nitrogens is 1. The highest BCUT2D eigenvalue weighted by Crippen LogP contribution is 2.16. The van der Waals surface area contributed by atoms with Gasteiger partial charge in [-0.05, 0) is 61.7 Å². The molecule has 1 heterocycles. The molecule has 1 unspecified atom stereocenters. The van der Waals surface area contributed by atoms with Gasteiger partial charge in [0.15, 0.2) is 0 Å². The number of benzene rings is 2. The molecule has 0 spiro atoms. The van der Waals surface area contributed by atoms with Crippen molar-refractivity contribution in [2.45, 2.75) is 26.8 Å². The van der Waals surface area contributed by atoms with E-state index in [1.807, 2.05) is 69.3 Å². The van der Waals surface area contributed by atoms with Crippen molar-refractivity contribution in [1.82, 2.24) is 10.3 Å². The highest BCUT2D eigenvalue weighted by Gasteiger charge is 2.15. The predicted molar refractivity (Wildman–Crippen MR) is 110 cm³/mol. The van der Waals surface area contributed by atoms with Crippen LogP contribution in [-0.2, 0) is 0 Å². The molecule has 0 radical (unpaired) electrons. The number of carbonyl (C=O) groups is 2. The van der Waals surface area contributed by atoms with E-state index >= 15 is 0 Å². The van der Waals surface area contributed by atoms with Crippen LogP contribution in [0.4, 0.5) is 5.69 Å². The molecule has 1 aromatic heterocycles. The van der Waals surface area contributed by atoms with Crippen molar-refractivity contribution in [2.24, 2.45) is 0 Å². The molecular weight excluding hydrogens is 350 g/mol. The Balaban J connectivity index is 1.72. The summed E-state index contributed by atoms with van der Waals surface area (Å²) in [5, 5.41) is 5.78. The molecule has 2 amide bonds. The second kappa shape index (κ2) is 8.48. The fraction of sp³-hybridized carbons (Fsp3) is 0.174. The fourth-order valence-electron chi connectivity index (χ4n) is 3.04. The molecule has 3 aromatic rings. The highest BCUT2D eigenvalue weighted by atomic mass is 16.2. The third-order valence-electron chi connectivity index (χ3n) is 4.38. The number of aryl methyl sites for hydroxylation is 2. The molecule has 2 aromatic carbocycles. The van der Waals surface area contributed by atoms with Crippen LogP contribution in [-0.4, -0.2) is 16.8 Å². The average molecular weight is 373 g/mol. The van der Waals surface area contributed by atoms with Gasteiger partial charge in [0.05, 0.1) is 6.04 Å². The van der Waals surface area contributed by atoms with Crippen LogP contribution in [0, 0.1) is 13.8 Å². The number of nitrogens with one attached hydrogen (secondary N) is 2. The molecule has 142 valence electrons. The lowest BCUT2D eigenvalue weighted by molar-refractivity contribution is 0.0939. The van der Waals surface area contributed by atoms with Crippen LogP contribution in [0.1, 0.15) is 50.5 Å². The van der Waals surface area contributed by atoms with E-state index in [-0.39, 0.29) is 23.6 Å². The summed E-state index contributed by atoms with van der Waals surface area (Å²) in [4.78, 5) is 29.2. The number of rotatable bonds is 5. The lowest BCUT2D eigenvalue weighted by Gasteiger charge is -2.14. The van der Waals surface area contributed by atoms with Gasteiger partial charge in [0.1, 0.15) is 5.69 Å². The normalized spacial score (nSPS) is 11.5. The Bertz CT molecular complexity index is 979. The Morgan fingerprint density at radius 3 is 2.25 bits per heavy atom. The summed E-state index contributed by atoms with van der Waals surface area (Å²) in [5.74, 6) is -0.602. The summed E-state index contributed by atoms with van der Waals surface area (Å²) >= 11 is 0. The van der Waals surface area contributed by atoms with Crippen molar-refractivity contribution >= 4 is 17.5 Å². The smallest absolute Gasteiger partial charge is 0.274 e. The first-order chi connectivity index (χ1) is 13.4. The minimum Gasteiger partial charge on any atom is -0.346 e. The Labute approximate surface area is 164 Å². The first kappa shape index (κ1) is 19.3.